The van der Waals surface area contributed by atoms with Gasteiger partial charge in [0, 0.05) is 63.6 Å². The molecule has 9 aromatic carbocycles. The van der Waals surface area contributed by atoms with Crippen LogP contribution in [0.5, 0.6) is 0 Å². The van der Waals surface area contributed by atoms with Crippen LogP contribution in [0.1, 0.15) is 49.1 Å². The predicted molar refractivity (Wildman–Crippen MR) is 289 cm³/mol. The van der Waals surface area contributed by atoms with Gasteiger partial charge >= 0.3 is 0 Å². The molecule has 1 aliphatic rings. The Morgan fingerprint density at radius 3 is 1.60 bits per heavy atom. The Morgan fingerprint density at radius 2 is 1.00 bits per heavy atom. The lowest BCUT2D eigenvalue weighted by molar-refractivity contribution is 0.444. The van der Waals surface area contributed by atoms with E-state index in [1.54, 1.807) is 0 Å². The van der Waals surface area contributed by atoms with Crippen LogP contribution < -0.4 is 0 Å². The number of para-hydroxylation sites is 1. The molecule has 4 heterocycles. The SMILES string of the molecule is [C-]#[N+]c1c(-c2ccccc2)c(C#N)c(-n2c3ccccc3c3ccc(C4CCCCC4)cc32)c(-c2ccccc2)c1-n1c2c(ccc3c4ccccc4sc32)c2ccc3c4ccccc4sc3c21. The van der Waals surface area contributed by atoms with E-state index in [0.29, 0.717) is 22.7 Å². The van der Waals surface area contributed by atoms with Gasteiger partial charge in [-0.2, -0.15) is 5.26 Å². The van der Waals surface area contributed by atoms with Crippen molar-refractivity contribution in [3.8, 4) is 39.7 Å². The lowest BCUT2D eigenvalue weighted by Crippen LogP contribution is -2.09. The average molecular weight is 905 g/mol. The van der Waals surface area contributed by atoms with Gasteiger partial charge in [-0.1, -0.05) is 171 Å². The first kappa shape index (κ1) is 39.2. The molecule has 0 N–H and O–H groups in total. The lowest BCUT2D eigenvalue weighted by Gasteiger charge is -2.26. The fourth-order valence-corrected chi connectivity index (χ4v) is 14.3. The average Bonchev–Trinajstić information content (AvgIpc) is 4.16. The van der Waals surface area contributed by atoms with Crippen LogP contribution >= 0.6 is 22.7 Å². The molecule has 0 saturated heterocycles. The zero-order valence-electron chi connectivity index (χ0n) is 37.0. The van der Waals surface area contributed by atoms with Gasteiger partial charge in [0.1, 0.15) is 6.07 Å². The molecule has 0 unspecified atom stereocenters. The van der Waals surface area contributed by atoms with Crippen molar-refractivity contribution in [3.05, 3.63) is 198 Å². The highest BCUT2D eigenvalue weighted by molar-refractivity contribution is 7.27. The summed E-state index contributed by atoms with van der Waals surface area (Å²) in [6.07, 6.45) is 6.12. The highest BCUT2D eigenvalue weighted by atomic mass is 32.1. The highest BCUT2D eigenvalue weighted by Crippen LogP contribution is 2.55. The van der Waals surface area contributed by atoms with Crippen molar-refractivity contribution in [2.24, 2.45) is 0 Å². The third kappa shape index (κ3) is 5.57. The third-order valence-electron chi connectivity index (χ3n) is 14.8. The summed E-state index contributed by atoms with van der Waals surface area (Å²) in [5.74, 6) is 0.480. The maximum Gasteiger partial charge on any atom is 0.220 e. The Hall–Kier alpha value is -8.00. The monoisotopic (exact) mass is 904 g/mol. The van der Waals surface area contributed by atoms with E-state index >= 15 is 0 Å². The van der Waals surface area contributed by atoms with E-state index in [-0.39, 0.29) is 0 Å². The van der Waals surface area contributed by atoms with Crippen LogP contribution in [0.3, 0.4) is 0 Å². The molecule has 13 aromatic rings. The molecule has 14 rings (SSSR count). The number of aromatic nitrogens is 2. The standard InChI is InChI=1S/C62H40N4S2/c1-64-56-54(38-19-7-3-8-20-38)49(36-63)57(65-50-26-14-11-23-41(50)42-30-29-40(35-51(42)65)37-17-5-2-6-18-37)55(39-21-9-4-10-22-39)60(56)66-58-45(31-33-47-43-24-12-15-27-52(43)67-61(47)58)46-32-34-48-44-25-13-16-28-53(44)68-62(48)59(46)66/h3-4,7-16,19-35,37H,2,5-6,17-18H2. The van der Waals surface area contributed by atoms with Crippen LogP contribution in [-0.2, 0) is 0 Å². The fraction of sp³-hybridized carbons (Fsp3) is 0.0968. The van der Waals surface area contributed by atoms with Crippen LogP contribution in [-0.4, -0.2) is 9.13 Å². The van der Waals surface area contributed by atoms with Crippen LogP contribution in [0.15, 0.2) is 176 Å². The molecule has 0 bridgehead atoms. The molecule has 0 aliphatic heterocycles. The van der Waals surface area contributed by atoms with Crippen LogP contribution in [0.25, 0.3) is 122 Å². The molecule has 0 amide bonds. The molecule has 0 spiro atoms. The Kier molecular flexibility index (Phi) is 8.80. The summed E-state index contributed by atoms with van der Waals surface area (Å²) in [6, 6.07) is 65.9. The zero-order valence-corrected chi connectivity index (χ0v) is 38.6. The summed E-state index contributed by atoms with van der Waals surface area (Å²) in [5, 5.41) is 21.4. The molecule has 0 atom stereocenters. The van der Waals surface area contributed by atoms with Crippen molar-refractivity contribution in [3.63, 3.8) is 0 Å². The molecule has 6 heteroatoms. The van der Waals surface area contributed by atoms with Gasteiger partial charge < -0.3 is 9.13 Å². The van der Waals surface area contributed by atoms with E-state index in [1.165, 1.54) is 78.0 Å². The van der Waals surface area contributed by atoms with Gasteiger partial charge in [0.25, 0.3) is 0 Å². The number of fused-ring (bicyclic) bond motifs is 14. The molecule has 320 valence electrons. The second-order valence-electron chi connectivity index (χ2n) is 18.3. The third-order valence-corrected chi connectivity index (χ3v) is 17.2. The minimum absolute atomic E-state index is 0.453. The second kappa shape index (κ2) is 15.3. The molecular formula is C62H40N4S2. The first-order chi connectivity index (χ1) is 33.7. The smallest absolute Gasteiger partial charge is 0.220 e. The Balaban J connectivity index is 1.27. The summed E-state index contributed by atoms with van der Waals surface area (Å²) < 4.78 is 9.64. The van der Waals surface area contributed by atoms with E-state index < -0.39 is 0 Å². The Morgan fingerprint density at radius 1 is 0.485 bits per heavy atom. The van der Waals surface area contributed by atoms with Crippen molar-refractivity contribution < 1.29 is 0 Å². The van der Waals surface area contributed by atoms with Crippen molar-refractivity contribution in [1.29, 1.82) is 5.26 Å². The number of nitrogens with zero attached hydrogens (tertiary/aromatic N) is 4. The van der Waals surface area contributed by atoms with Crippen LogP contribution in [0.2, 0.25) is 0 Å². The van der Waals surface area contributed by atoms with E-state index in [0.717, 1.165) is 71.7 Å². The quantitative estimate of drug-likeness (QED) is 0.159. The van der Waals surface area contributed by atoms with Crippen LogP contribution in [0, 0.1) is 17.9 Å². The molecule has 1 fully saturated rings. The highest BCUT2D eigenvalue weighted by Gasteiger charge is 2.33. The van der Waals surface area contributed by atoms with Gasteiger partial charge in [-0.15, -0.1) is 22.7 Å². The Bertz CT molecular complexity index is 4190. The van der Waals surface area contributed by atoms with Gasteiger partial charge in [0.15, 0.2) is 0 Å². The fourth-order valence-electron chi connectivity index (χ4n) is 11.8. The van der Waals surface area contributed by atoms with Gasteiger partial charge in [-0.3, -0.25) is 0 Å². The maximum atomic E-state index is 12.0. The number of hydrogen-bond donors (Lipinski definition) is 0. The predicted octanol–water partition coefficient (Wildman–Crippen LogP) is 18.4. The topological polar surface area (TPSA) is 38.0 Å². The van der Waals surface area contributed by atoms with Gasteiger partial charge in [-0.05, 0) is 59.7 Å². The van der Waals surface area contributed by atoms with Crippen molar-refractivity contribution in [2.45, 2.75) is 38.0 Å². The van der Waals surface area contributed by atoms with Gasteiger partial charge in [-0.25, -0.2) is 4.85 Å². The van der Waals surface area contributed by atoms with E-state index in [4.69, 9.17) is 0 Å². The number of rotatable bonds is 5. The summed E-state index contributed by atoms with van der Waals surface area (Å²) in [4.78, 5) is 4.65. The van der Waals surface area contributed by atoms with Crippen molar-refractivity contribution >= 4 is 112 Å². The molecule has 4 aromatic heterocycles. The normalized spacial score (nSPS) is 13.5. The Labute approximate surface area is 400 Å². The molecule has 68 heavy (non-hydrogen) atoms. The first-order valence-electron chi connectivity index (χ1n) is 23.5. The molecule has 0 radical (unpaired) electrons. The largest absolute Gasteiger partial charge is 0.316 e. The minimum atomic E-state index is 0.453. The van der Waals surface area contributed by atoms with Crippen molar-refractivity contribution in [1.82, 2.24) is 9.13 Å². The number of benzene rings is 9. The lowest BCUT2D eigenvalue weighted by atomic mass is 9.84. The minimum Gasteiger partial charge on any atom is -0.316 e. The van der Waals surface area contributed by atoms with Gasteiger partial charge in [0.05, 0.1) is 55.0 Å². The number of nitriles is 1. The van der Waals surface area contributed by atoms with E-state index in [1.807, 2.05) is 40.9 Å². The number of hydrogen-bond acceptors (Lipinski definition) is 3. The van der Waals surface area contributed by atoms with Gasteiger partial charge in [0.2, 0.25) is 5.69 Å². The molecule has 1 saturated carbocycles. The molecule has 4 nitrogen and oxygen atoms in total. The summed E-state index contributed by atoms with van der Waals surface area (Å²) >= 11 is 3.63. The second-order valence-corrected chi connectivity index (χ2v) is 20.4. The maximum absolute atomic E-state index is 12.0. The first-order valence-corrected chi connectivity index (χ1v) is 25.2. The molecular weight excluding hydrogens is 865 g/mol. The summed E-state index contributed by atoms with van der Waals surface area (Å²) in [5.41, 5.74) is 11.4. The number of thiophene rings is 2. The van der Waals surface area contributed by atoms with E-state index in [9.17, 15) is 11.8 Å². The molecule has 1 aliphatic carbocycles. The summed E-state index contributed by atoms with van der Waals surface area (Å²) in [6.45, 7) is 9.48. The van der Waals surface area contributed by atoms with Crippen LogP contribution in [0.4, 0.5) is 5.69 Å². The zero-order chi connectivity index (χ0) is 45.0. The summed E-state index contributed by atoms with van der Waals surface area (Å²) in [7, 11) is 0. The van der Waals surface area contributed by atoms with Crippen molar-refractivity contribution in [2.75, 3.05) is 0 Å². The van der Waals surface area contributed by atoms with E-state index in [2.05, 4.69) is 178 Å².